The van der Waals surface area contributed by atoms with Gasteiger partial charge >= 0.3 is 21.1 Å². The van der Waals surface area contributed by atoms with Gasteiger partial charge in [0.2, 0.25) is 0 Å². The standard InChI is InChI=1S/C43H42N4O.Pt/c1-7-13-37-42(30-15-10-9-11-16-30)39(14-8-2)47(45-37)32-17-12-18-33(27-32)48-34-20-21-35-36-25-29(3)19-22-38(36)46(40(35)28-34)41-26-31(23-24-44-41)43(4,5)6;/h9-12,15-26H,7-8,13-14H2,1-6H3;/q-2;+2/i3D3;. The Morgan fingerprint density at radius 3 is 2.37 bits per heavy atom. The Labute approximate surface area is 308 Å². The number of fused-ring (bicyclic) bond motifs is 3. The summed E-state index contributed by atoms with van der Waals surface area (Å²) in [6.45, 7) is 8.66. The summed E-state index contributed by atoms with van der Waals surface area (Å²) in [6.07, 6.45) is 5.56. The minimum absolute atomic E-state index is 0. The van der Waals surface area contributed by atoms with Crippen molar-refractivity contribution in [2.24, 2.45) is 0 Å². The van der Waals surface area contributed by atoms with Crippen molar-refractivity contribution < 1.29 is 29.9 Å². The van der Waals surface area contributed by atoms with Gasteiger partial charge in [0.25, 0.3) is 0 Å². The van der Waals surface area contributed by atoms with Crippen LogP contribution in [0.1, 0.15) is 74.1 Å². The Bertz CT molecular complexity index is 2350. The van der Waals surface area contributed by atoms with E-state index in [9.17, 15) is 0 Å². The monoisotopic (exact) mass is 828 g/mol. The van der Waals surface area contributed by atoms with Gasteiger partial charge in [-0.25, -0.2) is 4.98 Å². The Morgan fingerprint density at radius 2 is 1.61 bits per heavy atom. The molecule has 5 nitrogen and oxygen atoms in total. The smallest absolute Gasteiger partial charge is 0.509 e. The number of pyridine rings is 1. The molecule has 250 valence electrons. The molecule has 6 heteroatoms. The van der Waals surface area contributed by atoms with Crippen molar-refractivity contribution in [1.29, 1.82) is 0 Å². The topological polar surface area (TPSA) is 44.9 Å². The average molecular weight is 829 g/mol. The van der Waals surface area contributed by atoms with Crippen molar-refractivity contribution in [2.45, 2.75) is 72.6 Å². The summed E-state index contributed by atoms with van der Waals surface area (Å²) in [5.41, 5.74) is 8.37. The van der Waals surface area contributed by atoms with Crippen LogP contribution in [0.4, 0.5) is 0 Å². The molecule has 0 aliphatic rings. The first-order valence-corrected chi connectivity index (χ1v) is 16.8. The fraction of sp³-hybridized carbons (Fsp3) is 0.256. The van der Waals surface area contributed by atoms with Gasteiger partial charge in [-0.15, -0.1) is 35.7 Å². The van der Waals surface area contributed by atoms with Crippen LogP contribution in [0, 0.1) is 19.0 Å². The molecule has 0 aliphatic carbocycles. The molecule has 0 atom stereocenters. The predicted molar refractivity (Wildman–Crippen MR) is 197 cm³/mol. The zero-order chi connectivity index (χ0) is 35.9. The third-order valence-electron chi connectivity index (χ3n) is 8.78. The largest absolute Gasteiger partial charge is 2.00 e. The van der Waals surface area contributed by atoms with E-state index in [-0.39, 0.29) is 32.0 Å². The van der Waals surface area contributed by atoms with E-state index in [0.717, 1.165) is 70.3 Å². The van der Waals surface area contributed by atoms with Gasteiger partial charge in [-0.2, -0.15) is 17.2 Å². The summed E-state index contributed by atoms with van der Waals surface area (Å²) in [4.78, 5) is 4.77. The van der Waals surface area contributed by atoms with Crippen LogP contribution in [0.3, 0.4) is 0 Å². The third kappa shape index (κ3) is 6.74. The van der Waals surface area contributed by atoms with Crippen molar-refractivity contribution in [3.63, 3.8) is 0 Å². The third-order valence-corrected chi connectivity index (χ3v) is 8.78. The SMILES string of the molecule is [2H]C([2H])([2H])c1ccc2c(c1)c1ccc(Oc3[c-]c(-n4nc(CCC)c(-c5ccccc5)c4CCC)ccc3)[c-]c1n2-c1cc(C(C)(C)C)ccn1.[Pt+2]. The van der Waals surface area contributed by atoms with E-state index in [1.807, 2.05) is 64.0 Å². The molecule has 7 aromatic rings. The molecule has 3 heterocycles. The molecule has 3 aromatic heterocycles. The molecule has 0 spiro atoms. The van der Waals surface area contributed by atoms with Gasteiger partial charge in [-0.3, -0.25) is 4.68 Å². The molecule has 0 N–H and O–H groups in total. The Hall–Kier alpha value is -4.47. The van der Waals surface area contributed by atoms with Crippen LogP contribution >= 0.6 is 0 Å². The van der Waals surface area contributed by atoms with Crippen molar-refractivity contribution in [1.82, 2.24) is 19.3 Å². The van der Waals surface area contributed by atoms with Gasteiger partial charge in [0.05, 0.1) is 5.69 Å². The summed E-state index contributed by atoms with van der Waals surface area (Å²) in [5, 5.41) is 6.82. The fourth-order valence-corrected chi connectivity index (χ4v) is 6.49. The second-order valence-electron chi connectivity index (χ2n) is 13.4. The van der Waals surface area contributed by atoms with Gasteiger partial charge in [0.1, 0.15) is 5.82 Å². The zero-order valence-corrected chi connectivity index (χ0v) is 30.9. The van der Waals surface area contributed by atoms with Crippen LogP contribution in [-0.2, 0) is 39.3 Å². The average Bonchev–Trinajstić information content (AvgIpc) is 3.63. The number of ether oxygens (including phenoxy) is 1. The number of benzene rings is 4. The second kappa shape index (κ2) is 14.2. The van der Waals surface area contributed by atoms with E-state index < -0.39 is 6.85 Å². The van der Waals surface area contributed by atoms with E-state index in [1.165, 1.54) is 16.8 Å². The quantitative estimate of drug-likeness (QED) is 0.136. The van der Waals surface area contributed by atoms with Crippen LogP contribution in [0.15, 0.2) is 97.2 Å². The maximum Gasteiger partial charge on any atom is 2.00 e. The molecule has 4 aromatic carbocycles. The second-order valence-corrected chi connectivity index (χ2v) is 13.4. The molecule has 0 unspecified atom stereocenters. The number of aryl methyl sites for hydroxylation is 2. The molecule has 0 saturated heterocycles. The van der Waals surface area contributed by atoms with Gasteiger partial charge in [0.15, 0.2) is 0 Å². The summed E-state index contributed by atoms with van der Waals surface area (Å²) < 4.78 is 34.7. The molecule has 7 rings (SSSR count). The minimum Gasteiger partial charge on any atom is -0.509 e. The first kappa shape index (κ1) is 30.6. The first-order valence-electron chi connectivity index (χ1n) is 18.3. The van der Waals surface area contributed by atoms with Crippen LogP contribution < -0.4 is 4.74 Å². The van der Waals surface area contributed by atoms with Crippen LogP contribution in [0.25, 0.3) is 44.4 Å². The number of aromatic nitrogens is 4. The zero-order valence-electron chi connectivity index (χ0n) is 31.6. The normalized spacial score (nSPS) is 12.8. The van der Waals surface area contributed by atoms with E-state index >= 15 is 0 Å². The predicted octanol–water partition coefficient (Wildman–Crippen LogP) is 10.9. The molecule has 0 saturated carbocycles. The van der Waals surface area contributed by atoms with E-state index in [1.54, 1.807) is 12.1 Å². The van der Waals surface area contributed by atoms with E-state index in [0.29, 0.717) is 11.5 Å². The van der Waals surface area contributed by atoms with E-state index in [2.05, 4.69) is 77.1 Å². The first-order chi connectivity index (χ1) is 24.5. The van der Waals surface area contributed by atoms with Gasteiger partial charge < -0.3 is 9.30 Å². The Balaban J connectivity index is 0.00000464. The number of rotatable bonds is 9. The number of hydrogen-bond donors (Lipinski definition) is 0. The molecule has 0 fully saturated rings. The van der Waals surface area contributed by atoms with Crippen molar-refractivity contribution in [3.8, 4) is 34.1 Å². The molecule has 49 heavy (non-hydrogen) atoms. The van der Waals surface area contributed by atoms with E-state index in [4.69, 9.17) is 18.9 Å². The molecule has 0 bridgehead atoms. The molecular weight excluding hydrogens is 784 g/mol. The maximum atomic E-state index is 8.05. The maximum absolute atomic E-state index is 8.05. The molecule has 0 amide bonds. The molecular formula is C43H42N4OPt. The minimum atomic E-state index is -2.23. The summed E-state index contributed by atoms with van der Waals surface area (Å²) in [7, 11) is 0. The van der Waals surface area contributed by atoms with Crippen molar-refractivity contribution in [3.05, 3.63) is 132 Å². The van der Waals surface area contributed by atoms with Crippen LogP contribution in [0.5, 0.6) is 11.5 Å². The molecule has 0 radical (unpaired) electrons. The van der Waals surface area contributed by atoms with Crippen molar-refractivity contribution >= 4 is 21.8 Å². The number of hydrogen-bond acceptors (Lipinski definition) is 3. The Kier molecular flexibility index (Phi) is 8.84. The van der Waals surface area contributed by atoms with Crippen LogP contribution in [0.2, 0.25) is 0 Å². The molecule has 0 aliphatic heterocycles. The summed E-state index contributed by atoms with van der Waals surface area (Å²) in [5.74, 6) is 1.78. The van der Waals surface area contributed by atoms with Gasteiger partial charge in [0, 0.05) is 38.6 Å². The van der Waals surface area contributed by atoms with Gasteiger partial charge in [-0.05, 0) is 65.5 Å². The summed E-state index contributed by atoms with van der Waals surface area (Å²) in [6, 6.07) is 36.7. The van der Waals surface area contributed by atoms with Crippen LogP contribution in [-0.4, -0.2) is 19.3 Å². The Morgan fingerprint density at radius 1 is 0.816 bits per heavy atom. The van der Waals surface area contributed by atoms with Gasteiger partial charge in [-0.1, -0.05) is 101 Å². The summed E-state index contributed by atoms with van der Waals surface area (Å²) >= 11 is 0. The van der Waals surface area contributed by atoms with Crippen molar-refractivity contribution in [2.75, 3.05) is 0 Å². The fourth-order valence-electron chi connectivity index (χ4n) is 6.49. The number of nitrogens with zero attached hydrogens (tertiary/aromatic N) is 4.